The maximum atomic E-state index is 4.67. The van der Waals surface area contributed by atoms with E-state index in [1.807, 2.05) is 4.68 Å². The van der Waals surface area contributed by atoms with Gasteiger partial charge in [0.2, 0.25) is 5.82 Å². The molecule has 1 aromatic rings. The van der Waals surface area contributed by atoms with Crippen LogP contribution < -0.4 is 5.32 Å². The molecule has 0 unspecified atom stereocenters. The predicted octanol–water partition coefficient (Wildman–Crippen LogP) is 3.00. The number of nitrogens with one attached hydrogen (secondary N) is 1. The summed E-state index contributed by atoms with van der Waals surface area (Å²) in [6, 6.07) is 0.450. The van der Waals surface area contributed by atoms with Crippen molar-refractivity contribution in [3.63, 3.8) is 0 Å². The van der Waals surface area contributed by atoms with Gasteiger partial charge in [-0.3, -0.25) is 4.99 Å². The summed E-state index contributed by atoms with van der Waals surface area (Å²) in [5.41, 5.74) is 0.00103. The minimum Gasteiger partial charge on any atom is -0.365 e. The molecule has 0 saturated carbocycles. The molecule has 0 saturated heterocycles. The number of aliphatic imine (C=N–C) groups is 1. The molecule has 126 valence electrons. The summed E-state index contributed by atoms with van der Waals surface area (Å²) in [4.78, 5) is 4.67. The van der Waals surface area contributed by atoms with Crippen LogP contribution in [0.3, 0.4) is 0 Å². The number of nitrogens with zero attached hydrogens (tertiary/aromatic N) is 5. The first-order chi connectivity index (χ1) is 9.92. The van der Waals surface area contributed by atoms with E-state index in [0.29, 0.717) is 5.82 Å². The standard InChI is InChI=1S/C16H32N6/c1-11(2)17-13(18-12(3)4)14-19-20-21-22(14)16(8,9)10-15(5,6)7/h11-12H,10H2,1-9H3,(H,17,18). The number of hydrogen-bond donors (Lipinski definition) is 1. The molecule has 22 heavy (non-hydrogen) atoms. The van der Waals surface area contributed by atoms with Crippen molar-refractivity contribution >= 4 is 5.84 Å². The molecule has 0 aliphatic rings. The van der Waals surface area contributed by atoms with Gasteiger partial charge in [0.1, 0.15) is 0 Å². The molecule has 6 nitrogen and oxygen atoms in total. The molecular weight excluding hydrogens is 276 g/mol. The lowest BCUT2D eigenvalue weighted by Gasteiger charge is -2.33. The van der Waals surface area contributed by atoms with Crippen LogP contribution in [0.1, 0.15) is 74.6 Å². The number of amidine groups is 1. The molecule has 0 aliphatic heterocycles. The summed E-state index contributed by atoms with van der Waals surface area (Å²) in [6.07, 6.45) is 0.967. The number of aromatic nitrogens is 4. The Morgan fingerprint density at radius 1 is 1.14 bits per heavy atom. The molecule has 0 bridgehead atoms. The van der Waals surface area contributed by atoms with E-state index in [2.05, 4.69) is 88.1 Å². The van der Waals surface area contributed by atoms with Crippen LogP contribution in [0.25, 0.3) is 0 Å². The fourth-order valence-corrected chi connectivity index (χ4v) is 2.81. The molecule has 0 amide bonds. The predicted molar refractivity (Wildman–Crippen MR) is 91.2 cm³/mol. The fourth-order valence-electron chi connectivity index (χ4n) is 2.81. The Balaban J connectivity index is 3.24. The molecule has 1 N–H and O–H groups in total. The lowest BCUT2D eigenvalue weighted by Crippen LogP contribution is -2.39. The molecule has 1 heterocycles. The van der Waals surface area contributed by atoms with E-state index in [1.54, 1.807) is 0 Å². The van der Waals surface area contributed by atoms with Crippen molar-refractivity contribution in [2.24, 2.45) is 10.4 Å². The van der Waals surface area contributed by atoms with Crippen molar-refractivity contribution in [1.29, 1.82) is 0 Å². The van der Waals surface area contributed by atoms with Crippen LogP contribution in [-0.4, -0.2) is 38.1 Å². The van der Waals surface area contributed by atoms with Crippen molar-refractivity contribution in [1.82, 2.24) is 25.5 Å². The van der Waals surface area contributed by atoms with E-state index in [9.17, 15) is 0 Å². The van der Waals surface area contributed by atoms with Crippen LogP contribution in [0.15, 0.2) is 4.99 Å². The summed E-state index contributed by atoms with van der Waals surface area (Å²) in [5.74, 6) is 1.47. The van der Waals surface area contributed by atoms with Gasteiger partial charge in [0.05, 0.1) is 5.54 Å². The maximum Gasteiger partial charge on any atom is 0.217 e. The zero-order valence-electron chi connectivity index (χ0n) is 15.6. The van der Waals surface area contributed by atoms with Crippen molar-refractivity contribution in [2.75, 3.05) is 0 Å². The van der Waals surface area contributed by atoms with E-state index in [4.69, 9.17) is 0 Å². The monoisotopic (exact) mass is 308 g/mol. The topological polar surface area (TPSA) is 68.0 Å². The SMILES string of the molecule is CC(C)N=C(NC(C)C)c1nnnn1C(C)(C)CC(C)(C)C. The van der Waals surface area contributed by atoms with Gasteiger partial charge in [0.15, 0.2) is 5.84 Å². The second kappa shape index (κ2) is 6.75. The molecule has 0 aromatic carbocycles. The minimum atomic E-state index is -0.187. The van der Waals surface area contributed by atoms with Gasteiger partial charge in [-0.1, -0.05) is 20.8 Å². The molecule has 0 fully saturated rings. The molecule has 0 radical (unpaired) electrons. The highest BCUT2D eigenvalue weighted by Gasteiger charge is 2.32. The summed E-state index contributed by atoms with van der Waals surface area (Å²) in [5, 5.41) is 15.7. The Morgan fingerprint density at radius 2 is 1.73 bits per heavy atom. The van der Waals surface area contributed by atoms with Crippen LogP contribution >= 0.6 is 0 Å². The third-order valence-electron chi connectivity index (χ3n) is 3.03. The number of rotatable bonds is 5. The smallest absolute Gasteiger partial charge is 0.217 e. The first kappa shape index (κ1) is 18.6. The van der Waals surface area contributed by atoms with Gasteiger partial charge in [0.25, 0.3) is 0 Å². The average Bonchev–Trinajstić information content (AvgIpc) is 2.72. The molecule has 0 atom stereocenters. The van der Waals surface area contributed by atoms with Crippen LogP contribution in [0, 0.1) is 5.41 Å². The molecule has 6 heteroatoms. The van der Waals surface area contributed by atoms with Gasteiger partial charge in [-0.05, 0) is 63.8 Å². The van der Waals surface area contributed by atoms with E-state index in [-0.39, 0.29) is 23.0 Å². The number of hydrogen-bond acceptors (Lipinski definition) is 4. The highest BCUT2D eigenvalue weighted by Crippen LogP contribution is 2.32. The lowest BCUT2D eigenvalue weighted by molar-refractivity contribution is 0.194. The summed E-state index contributed by atoms with van der Waals surface area (Å²) in [7, 11) is 0. The zero-order chi connectivity index (χ0) is 17.1. The van der Waals surface area contributed by atoms with E-state index >= 15 is 0 Å². The number of tetrazole rings is 1. The van der Waals surface area contributed by atoms with Gasteiger partial charge in [-0.2, -0.15) is 0 Å². The Hall–Kier alpha value is -1.46. The van der Waals surface area contributed by atoms with Gasteiger partial charge < -0.3 is 5.32 Å². The highest BCUT2D eigenvalue weighted by molar-refractivity contribution is 5.95. The third kappa shape index (κ3) is 5.39. The molecule has 1 rings (SSSR count). The van der Waals surface area contributed by atoms with E-state index in [1.165, 1.54) is 0 Å². The highest BCUT2D eigenvalue weighted by atomic mass is 15.6. The summed E-state index contributed by atoms with van der Waals surface area (Å²) in [6.45, 7) is 19.3. The van der Waals surface area contributed by atoms with Crippen molar-refractivity contribution < 1.29 is 0 Å². The third-order valence-corrected chi connectivity index (χ3v) is 3.03. The minimum absolute atomic E-state index is 0.178. The van der Waals surface area contributed by atoms with E-state index in [0.717, 1.165) is 12.3 Å². The van der Waals surface area contributed by atoms with Crippen LogP contribution in [-0.2, 0) is 5.54 Å². The maximum absolute atomic E-state index is 4.67. The Bertz CT molecular complexity index is 505. The van der Waals surface area contributed by atoms with Gasteiger partial charge in [0, 0.05) is 12.1 Å². The summed E-state index contributed by atoms with van der Waals surface area (Å²) >= 11 is 0. The van der Waals surface area contributed by atoms with Crippen molar-refractivity contribution in [2.45, 2.75) is 86.4 Å². The average molecular weight is 308 g/mol. The normalized spacial score (nSPS) is 14.0. The quantitative estimate of drug-likeness (QED) is 0.670. The Morgan fingerprint density at radius 3 is 2.18 bits per heavy atom. The van der Waals surface area contributed by atoms with E-state index < -0.39 is 0 Å². The van der Waals surface area contributed by atoms with Crippen molar-refractivity contribution in [3.8, 4) is 0 Å². The van der Waals surface area contributed by atoms with Crippen LogP contribution in [0.2, 0.25) is 0 Å². The molecule has 0 spiro atoms. The second-order valence-corrected chi connectivity index (χ2v) is 8.33. The fraction of sp³-hybridized carbons (Fsp3) is 0.875. The first-order valence-electron chi connectivity index (χ1n) is 8.06. The Kier molecular flexibility index (Phi) is 5.70. The zero-order valence-corrected chi connectivity index (χ0v) is 15.6. The Labute approximate surface area is 134 Å². The molecule has 0 aliphatic carbocycles. The van der Waals surface area contributed by atoms with Gasteiger partial charge in [-0.15, -0.1) is 5.10 Å². The van der Waals surface area contributed by atoms with Gasteiger partial charge >= 0.3 is 0 Å². The molecular formula is C16H32N6. The molecule has 1 aromatic heterocycles. The lowest BCUT2D eigenvalue weighted by atomic mass is 9.82. The first-order valence-corrected chi connectivity index (χ1v) is 8.06. The summed E-state index contributed by atoms with van der Waals surface area (Å²) < 4.78 is 1.90. The van der Waals surface area contributed by atoms with Gasteiger partial charge in [-0.25, -0.2) is 4.68 Å². The van der Waals surface area contributed by atoms with Crippen LogP contribution in [0.5, 0.6) is 0 Å². The largest absolute Gasteiger partial charge is 0.365 e. The van der Waals surface area contributed by atoms with Crippen LogP contribution in [0.4, 0.5) is 0 Å². The van der Waals surface area contributed by atoms with Crippen molar-refractivity contribution in [3.05, 3.63) is 5.82 Å². The second-order valence-electron chi connectivity index (χ2n) is 8.33.